The molecule has 1 rings (SSSR count). The molecule has 0 unspecified atom stereocenters. The topological polar surface area (TPSA) is 51.2 Å². The highest BCUT2D eigenvalue weighted by molar-refractivity contribution is 5.90. The van der Waals surface area contributed by atoms with Gasteiger partial charge in [-0.2, -0.15) is 0 Å². The van der Waals surface area contributed by atoms with Gasteiger partial charge in [-0.05, 0) is 13.0 Å². The molecule has 1 N–H and O–H groups in total. The fourth-order valence-corrected chi connectivity index (χ4v) is 0.937. The number of carbonyl (C=O) groups is 1. The van der Waals surface area contributed by atoms with Gasteiger partial charge in [0.1, 0.15) is 0 Å². The number of aromatic nitrogens is 1. The summed E-state index contributed by atoms with van der Waals surface area (Å²) in [5.74, 6) is 0.554. The van der Waals surface area contributed by atoms with E-state index < -0.39 is 0 Å². The van der Waals surface area contributed by atoms with Crippen molar-refractivity contribution in [2.24, 2.45) is 0 Å². The summed E-state index contributed by atoms with van der Waals surface area (Å²) in [4.78, 5) is 15.0. The molecule has 0 atom stereocenters. The minimum atomic E-state index is -0.0176. The Labute approximate surface area is 83.3 Å². The summed E-state index contributed by atoms with van der Waals surface area (Å²) in [5, 5.41) is 2.70. The van der Waals surface area contributed by atoms with Crippen molar-refractivity contribution in [3.05, 3.63) is 18.3 Å². The Morgan fingerprint density at radius 1 is 1.50 bits per heavy atom. The number of ether oxygens (including phenoxy) is 1. The molecule has 0 spiro atoms. The lowest BCUT2D eigenvalue weighted by molar-refractivity contribution is -0.115. The third-order valence-corrected chi connectivity index (χ3v) is 1.63. The van der Waals surface area contributed by atoms with Crippen molar-refractivity contribution in [1.29, 1.82) is 0 Å². The van der Waals surface area contributed by atoms with E-state index in [2.05, 4.69) is 10.3 Å². The molecule has 1 heterocycles. The van der Waals surface area contributed by atoms with Crippen LogP contribution in [0.5, 0.6) is 5.88 Å². The van der Waals surface area contributed by atoms with E-state index >= 15 is 0 Å². The largest absolute Gasteiger partial charge is 0.478 e. The molecule has 0 bridgehead atoms. The summed E-state index contributed by atoms with van der Waals surface area (Å²) in [7, 11) is 0. The van der Waals surface area contributed by atoms with Crippen LogP contribution >= 0.6 is 0 Å². The van der Waals surface area contributed by atoms with Crippen molar-refractivity contribution < 1.29 is 9.53 Å². The quantitative estimate of drug-likeness (QED) is 0.795. The summed E-state index contributed by atoms with van der Waals surface area (Å²) in [5.41, 5.74) is 0.695. The molecule has 0 aliphatic rings. The van der Waals surface area contributed by atoms with Gasteiger partial charge in [0.05, 0.1) is 18.5 Å². The lowest BCUT2D eigenvalue weighted by atomic mass is 10.4. The smallest absolute Gasteiger partial charge is 0.224 e. The number of anilines is 1. The van der Waals surface area contributed by atoms with E-state index in [1.54, 1.807) is 25.3 Å². The minimum absolute atomic E-state index is 0.0176. The summed E-state index contributed by atoms with van der Waals surface area (Å²) < 4.78 is 5.17. The predicted octanol–water partition coefficient (Wildman–Crippen LogP) is 1.83. The second-order valence-electron chi connectivity index (χ2n) is 2.72. The van der Waals surface area contributed by atoms with Crippen LogP contribution in [0.1, 0.15) is 20.3 Å². The first-order valence-electron chi connectivity index (χ1n) is 4.65. The SMILES string of the molecule is CCOc1ccc(NC(=O)CC)cn1. The number of rotatable bonds is 4. The number of amides is 1. The summed E-state index contributed by atoms with van der Waals surface area (Å²) in [6.45, 7) is 4.29. The second kappa shape index (κ2) is 5.21. The molecule has 0 aliphatic carbocycles. The van der Waals surface area contributed by atoms with E-state index in [0.717, 1.165) is 0 Å². The third kappa shape index (κ3) is 3.05. The fourth-order valence-electron chi connectivity index (χ4n) is 0.937. The van der Waals surface area contributed by atoms with Gasteiger partial charge in [-0.25, -0.2) is 4.98 Å². The van der Waals surface area contributed by atoms with Crippen LogP contribution in [-0.4, -0.2) is 17.5 Å². The molecule has 14 heavy (non-hydrogen) atoms. The van der Waals surface area contributed by atoms with Crippen molar-refractivity contribution in [2.45, 2.75) is 20.3 Å². The molecule has 1 aromatic rings. The van der Waals surface area contributed by atoms with Gasteiger partial charge in [0.15, 0.2) is 0 Å². The van der Waals surface area contributed by atoms with Crippen LogP contribution in [0.2, 0.25) is 0 Å². The van der Waals surface area contributed by atoms with E-state index in [1.807, 2.05) is 6.92 Å². The third-order valence-electron chi connectivity index (χ3n) is 1.63. The summed E-state index contributed by atoms with van der Waals surface area (Å²) >= 11 is 0. The van der Waals surface area contributed by atoms with Crippen molar-refractivity contribution in [2.75, 3.05) is 11.9 Å². The standard InChI is InChI=1S/C10H14N2O2/c1-3-9(13)12-8-5-6-10(11-7-8)14-4-2/h5-7H,3-4H2,1-2H3,(H,12,13). The Balaban J connectivity index is 2.59. The Bertz CT molecular complexity index is 295. The van der Waals surface area contributed by atoms with Gasteiger partial charge in [-0.1, -0.05) is 6.92 Å². The molecule has 0 saturated carbocycles. The normalized spacial score (nSPS) is 9.57. The van der Waals surface area contributed by atoms with E-state index in [9.17, 15) is 4.79 Å². The van der Waals surface area contributed by atoms with Gasteiger partial charge < -0.3 is 10.1 Å². The Morgan fingerprint density at radius 3 is 2.79 bits per heavy atom. The van der Waals surface area contributed by atoms with Crippen LogP contribution < -0.4 is 10.1 Å². The lowest BCUT2D eigenvalue weighted by Gasteiger charge is -2.04. The Hall–Kier alpha value is -1.58. The predicted molar refractivity (Wildman–Crippen MR) is 54.3 cm³/mol. The molecule has 1 aromatic heterocycles. The zero-order valence-electron chi connectivity index (χ0n) is 8.41. The van der Waals surface area contributed by atoms with Gasteiger partial charge in [-0.15, -0.1) is 0 Å². The molecule has 4 nitrogen and oxygen atoms in total. The molecule has 76 valence electrons. The molecule has 0 aliphatic heterocycles. The maximum Gasteiger partial charge on any atom is 0.224 e. The summed E-state index contributed by atoms with van der Waals surface area (Å²) in [6, 6.07) is 3.50. The van der Waals surface area contributed by atoms with Crippen LogP contribution in [-0.2, 0) is 4.79 Å². The molecular formula is C10H14N2O2. The highest BCUT2D eigenvalue weighted by Gasteiger charge is 1.99. The number of nitrogens with one attached hydrogen (secondary N) is 1. The zero-order valence-corrected chi connectivity index (χ0v) is 8.41. The molecule has 1 amide bonds. The van der Waals surface area contributed by atoms with Crippen LogP contribution in [0, 0.1) is 0 Å². The van der Waals surface area contributed by atoms with E-state index in [0.29, 0.717) is 24.6 Å². The van der Waals surface area contributed by atoms with Crippen LogP contribution in [0.25, 0.3) is 0 Å². The highest BCUT2D eigenvalue weighted by atomic mass is 16.5. The van der Waals surface area contributed by atoms with Crippen molar-refractivity contribution in [3.8, 4) is 5.88 Å². The van der Waals surface area contributed by atoms with Crippen molar-refractivity contribution in [1.82, 2.24) is 4.98 Å². The van der Waals surface area contributed by atoms with Crippen LogP contribution in [0.3, 0.4) is 0 Å². The summed E-state index contributed by atoms with van der Waals surface area (Å²) in [6.07, 6.45) is 2.05. The number of hydrogen-bond donors (Lipinski definition) is 1. The zero-order chi connectivity index (χ0) is 10.4. The maximum absolute atomic E-state index is 11.0. The first-order valence-corrected chi connectivity index (χ1v) is 4.65. The Kier molecular flexibility index (Phi) is 3.91. The first kappa shape index (κ1) is 10.5. The second-order valence-corrected chi connectivity index (χ2v) is 2.72. The number of hydrogen-bond acceptors (Lipinski definition) is 3. The monoisotopic (exact) mass is 194 g/mol. The fraction of sp³-hybridized carbons (Fsp3) is 0.400. The maximum atomic E-state index is 11.0. The van der Waals surface area contributed by atoms with Gasteiger partial charge in [-0.3, -0.25) is 4.79 Å². The number of carbonyl (C=O) groups excluding carboxylic acids is 1. The van der Waals surface area contributed by atoms with Gasteiger partial charge in [0, 0.05) is 12.5 Å². The van der Waals surface area contributed by atoms with Gasteiger partial charge in [0.25, 0.3) is 0 Å². The van der Waals surface area contributed by atoms with Crippen molar-refractivity contribution >= 4 is 11.6 Å². The van der Waals surface area contributed by atoms with E-state index in [1.165, 1.54) is 0 Å². The van der Waals surface area contributed by atoms with Crippen LogP contribution in [0.4, 0.5) is 5.69 Å². The molecule has 0 fully saturated rings. The lowest BCUT2D eigenvalue weighted by Crippen LogP contribution is -2.09. The number of pyridine rings is 1. The van der Waals surface area contributed by atoms with Crippen molar-refractivity contribution in [3.63, 3.8) is 0 Å². The molecular weight excluding hydrogens is 180 g/mol. The van der Waals surface area contributed by atoms with E-state index in [-0.39, 0.29) is 5.91 Å². The first-order chi connectivity index (χ1) is 6.76. The molecule has 0 saturated heterocycles. The van der Waals surface area contributed by atoms with Gasteiger partial charge >= 0.3 is 0 Å². The van der Waals surface area contributed by atoms with Gasteiger partial charge in [0.2, 0.25) is 11.8 Å². The highest BCUT2D eigenvalue weighted by Crippen LogP contribution is 2.11. The average molecular weight is 194 g/mol. The minimum Gasteiger partial charge on any atom is -0.478 e. The number of nitrogens with zero attached hydrogens (tertiary/aromatic N) is 1. The Morgan fingerprint density at radius 2 is 2.29 bits per heavy atom. The molecule has 0 aromatic carbocycles. The van der Waals surface area contributed by atoms with Crippen LogP contribution in [0.15, 0.2) is 18.3 Å². The molecule has 0 radical (unpaired) electrons. The average Bonchev–Trinajstić information content (AvgIpc) is 2.21. The van der Waals surface area contributed by atoms with E-state index in [4.69, 9.17) is 4.74 Å². The molecule has 4 heteroatoms.